The molecule has 2 rings (SSSR count). The Morgan fingerprint density at radius 3 is 2.58 bits per heavy atom. The molecule has 106 valence electrons. The van der Waals surface area contributed by atoms with Crippen LogP contribution in [0.25, 0.3) is 0 Å². The van der Waals surface area contributed by atoms with E-state index in [0.717, 1.165) is 12.3 Å². The third-order valence-corrected chi connectivity index (χ3v) is 4.25. The van der Waals surface area contributed by atoms with Crippen molar-refractivity contribution in [2.24, 2.45) is 5.92 Å². The molecule has 0 bridgehead atoms. The minimum atomic E-state index is -0.112. The molecule has 0 saturated heterocycles. The smallest absolute Gasteiger partial charge is 0.143 e. The highest BCUT2D eigenvalue weighted by Crippen LogP contribution is 2.33. The summed E-state index contributed by atoms with van der Waals surface area (Å²) in [5.41, 5.74) is 0.654. The molecule has 19 heavy (non-hydrogen) atoms. The van der Waals surface area contributed by atoms with Gasteiger partial charge in [-0.3, -0.25) is 0 Å². The van der Waals surface area contributed by atoms with Crippen LogP contribution in [-0.2, 0) is 6.61 Å². The van der Waals surface area contributed by atoms with Gasteiger partial charge in [-0.15, -0.1) is 0 Å². The first-order valence-electron chi connectivity index (χ1n) is 6.92. The van der Waals surface area contributed by atoms with Gasteiger partial charge in [-0.05, 0) is 24.5 Å². The van der Waals surface area contributed by atoms with E-state index in [1.807, 2.05) is 0 Å². The lowest BCUT2D eigenvalue weighted by atomic mass is 9.87. The first-order chi connectivity index (χ1) is 9.20. The van der Waals surface area contributed by atoms with Gasteiger partial charge < -0.3 is 9.84 Å². The van der Waals surface area contributed by atoms with Crippen molar-refractivity contribution in [2.75, 3.05) is 6.61 Å². The maximum absolute atomic E-state index is 9.32. The molecular formula is C15H20Cl2O2. The summed E-state index contributed by atoms with van der Waals surface area (Å²) >= 11 is 12.0. The van der Waals surface area contributed by atoms with Crippen LogP contribution in [0.1, 0.15) is 44.1 Å². The van der Waals surface area contributed by atoms with Gasteiger partial charge in [-0.1, -0.05) is 55.3 Å². The largest absolute Gasteiger partial charge is 0.492 e. The van der Waals surface area contributed by atoms with Gasteiger partial charge in [0.1, 0.15) is 5.75 Å². The lowest BCUT2D eigenvalue weighted by molar-refractivity contribution is 0.234. The number of aliphatic hydroxyl groups excluding tert-OH is 1. The summed E-state index contributed by atoms with van der Waals surface area (Å²) < 4.78 is 5.77. The van der Waals surface area contributed by atoms with Crippen molar-refractivity contribution in [3.63, 3.8) is 0 Å². The van der Waals surface area contributed by atoms with Crippen molar-refractivity contribution in [2.45, 2.75) is 45.1 Å². The molecule has 0 unspecified atom stereocenters. The Hall–Kier alpha value is -0.440. The van der Waals surface area contributed by atoms with E-state index in [1.165, 1.54) is 32.1 Å². The quantitative estimate of drug-likeness (QED) is 0.843. The van der Waals surface area contributed by atoms with Crippen molar-refractivity contribution in [1.29, 1.82) is 0 Å². The molecule has 1 aliphatic rings. The normalized spacial score (nSPS) is 16.6. The van der Waals surface area contributed by atoms with Crippen LogP contribution >= 0.6 is 23.2 Å². The zero-order valence-corrected chi connectivity index (χ0v) is 12.5. The predicted octanol–water partition coefficient (Wildman–Crippen LogP) is 4.83. The van der Waals surface area contributed by atoms with Crippen LogP contribution in [0.3, 0.4) is 0 Å². The molecule has 1 fully saturated rings. The first kappa shape index (κ1) is 15.0. The van der Waals surface area contributed by atoms with E-state index in [0.29, 0.717) is 28.0 Å². The van der Waals surface area contributed by atoms with E-state index in [1.54, 1.807) is 12.1 Å². The zero-order chi connectivity index (χ0) is 13.7. The standard InChI is InChI=1S/C15H20Cl2O2/c16-13-8-12(10-18)15(14(17)9-13)19-7-6-11-4-2-1-3-5-11/h8-9,11,18H,1-7,10H2. The third kappa shape index (κ3) is 4.27. The Morgan fingerprint density at radius 1 is 1.16 bits per heavy atom. The zero-order valence-electron chi connectivity index (χ0n) is 11.0. The summed E-state index contributed by atoms with van der Waals surface area (Å²) in [7, 11) is 0. The molecule has 2 nitrogen and oxygen atoms in total. The van der Waals surface area contributed by atoms with Gasteiger partial charge in [-0.2, -0.15) is 0 Å². The average molecular weight is 303 g/mol. The highest BCUT2D eigenvalue weighted by atomic mass is 35.5. The number of hydrogen-bond donors (Lipinski definition) is 1. The van der Waals surface area contributed by atoms with Gasteiger partial charge in [0.05, 0.1) is 18.2 Å². The molecule has 0 radical (unpaired) electrons. The second-order valence-corrected chi connectivity index (χ2v) is 6.02. The van der Waals surface area contributed by atoms with Crippen LogP contribution in [0.5, 0.6) is 5.75 Å². The van der Waals surface area contributed by atoms with Crippen LogP contribution in [0, 0.1) is 5.92 Å². The molecule has 0 heterocycles. The second-order valence-electron chi connectivity index (χ2n) is 5.18. The Morgan fingerprint density at radius 2 is 1.89 bits per heavy atom. The molecule has 0 amide bonds. The van der Waals surface area contributed by atoms with E-state index in [2.05, 4.69) is 0 Å². The van der Waals surface area contributed by atoms with Crippen LogP contribution in [0.4, 0.5) is 0 Å². The van der Waals surface area contributed by atoms with Gasteiger partial charge in [0.15, 0.2) is 0 Å². The van der Waals surface area contributed by atoms with Gasteiger partial charge in [0.25, 0.3) is 0 Å². The number of hydrogen-bond acceptors (Lipinski definition) is 2. The SMILES string of the molecule is OCc1cc(Cl)cc(Cl)c1OCCC1CCCCC1. The lowest BCUT2D eigenvalue weighted by Crippen LogP contribution is -2.11. The van der Waals surface area contributed by atoms with Crippen molar-refractivity contribution in [3.05, 3.63) is 27.7 Å². The Bertz CT molecular complexity index is 415. The van der Waals surface area contributed by atoms with Crippen molar-refractivity contribution in [1.82, 2.24) is 0 Å². The number of aliphatic hydroxyl groups is 1. The van der Waals surface area contributed by atoms with Crippen LogP contribution < -0.4 is 4.74 Å². The van der Waals surface area contributed by atoms with E-state index in [9.17, 15) is 5.11 Å². The highest BCUT2D eigenvalue weighted by molar-refractivity contribution is 6.35. The van der Waals surface area contributed by atoms with Gasteiger partial charge in [0.2, 0.25) is 0 Å². The minimum Gasteiger partial charge on any atom is -0.492 e. The van der Waals surface area contributed by atoms with Crippen molar-refractivity contribution < 1.29 is 9.84 Å². The van der Waals surface area contributed by atoms with Crippen molar-refractivity contribution in [3.8, 4) is 5.75 Å². The topological polar surface area (TPSA) is 29.5 Å². The van der Waals surface area contributed by atoms with Crippen LogP contribution in [-0.4, -0.2) is 11.7 Å². The van der Waals surface area contributed by atoms with E-state index in [-0.39, 0.29) is 6.61 Å². The van der Waals surface area contributed by atoms with E-state index in [4.69, 9.17) is 27.9 Å². The minimum absolute atomic E-state index is 0.112. The summed E-state index contributed by atoms with van der Waals surface area (Å²) in [5, 5.41) is 10.3. The predicted molar refractivity (Wildman–Crippen MR) is 79.1 cm³/mol. The van der Waals surface area contributed by atoms with E-state index < -0.39 is 0 Å². The fraction of sp³-hybridized carbons (Fsp3) is 0.600. The summed E-state index contributed by atoms with van der Waals surface area (Å²) in [6.45, 7) is 0.540. The summed E-state index contributed by atoms with van der Waals surface area (Å²) in [6, 6.07) is 3.35. The highest BCUT2D eigenvalue weighted by Gasteiger charge is 2.15. The monoisotopic (exact) mass is 302 g/mol. The molecule has 0 aromatic heterocycles. The molecule has 1 saturated carbocycles. The lowest BCUT2D eigenvalue weighted by Gasteiger charge is -2.22. The molecule has 0 aliphatic heterocycles. The van der Waals surface area contributed by atoms with Gasteiger partial charge >= 0.3 is 0 Å². The Labute approximate surface area is 124 Å². The average Bonchev–Trinajstić information content (AvgIpc) is 2.42. The summed E-state index contributed by atoms with van der Waals surface area (Å²) in [6.07, 6.45) is 7.73. The van der Waals surface area contributed by atoms with E-state index >= 15 is 0 Å². The molecule has 1 aromatic rings. The van der Waals surface area contributed by atoms with Gasteiger partial charge in [0, 0.05) is 10.6 Å². The fourth-order valence-electron chi connectivity index (χ4n) is 2.70. The number of benzene rings is 1. The summed E-state index contributed by atoms with van der Waals surface area (Å²) in [4.78, 5) is 0. The maximum Gasteiger partial charge on any atom is 0.143 e. The Kier molecular flexibility index (Phi) is 5.80. The third-order valence-electron chi connectivity index (χ3n) is 3.75. The molecule has 1 N–H and O–H groups in total. The Balaban J connectivity index is 1.91. The second kappa shape index (κ2) is 7.37. The summed E-state index contributed by atoms with van der Waals surface area (Å²) in [5.74, 6) is 1.35. The fourth-order valence-corrected chi connectivity index (χ4v) is 3.29. The molecular weight excluding hydrogens is 283 g/mol. The molecule has 0 atom stereocenters. The first-order valence-corrected chi connectivity index (χ1v) is 7.68. The number of rotatable bonds is 5. The molecule has 1 aliphatic carbocycles. The van der Waals surface area contributed by atoms with Crippen LogP contribution in [0.15, 0.2) is 12.1 Å². The number of ether oxygens (including phenoxy) is 1. The molecule has 4 heteroatoms. The number of halogens is 2. The molecule has 0 spiro atoms. The van der Waals surface area contributed by atoms with Crippen LogP contribution in [0.2, 0.25) is 10.0 Å². The van der Waals surface area contributed by atoms with Gasteiger partial charge in [-0.25, -0.2) is 0 Å². The van der Waals surface area contributed by atoms with Crippen molar-refractivity contribution >= 4 is 23.2 Å². The molecule has 1 aromatic carbocycles. The maximum atomic E-state index is 9.32.